The molecule has 0 saturated heterocycles. The van der Waals surface area contributed by atoms with Gasteiger partial charge in [0, 0.05) is 19.2 Å². The molecule has 6 heteroatoms. The highest BCUT2D eigenvalue weighted by Gasteiger charge is 2.21. The van der Waals surface area contributed by atoms with Crippen molar-refractivity contribution in [1.29, 1.82) is 0 Å². The van der Waals surface area contributed by atoms with Gasteiger partial charge in [0.2, 0.25) is 0 Å². The molecular formula is C14H21N3O3. The Labute approximate surface area is 119 Å². The normalized spacial score (nSPS) is 14.1. The predicted octanol–water partition coefficient (Wildman–Crippen LogP) is 2.14. The van der Waals surface area contributed by atoms with Gasteiger partial charge in [-0.05, 0) is 19.2 Å². The van der Waals surface area contributed by atoms with Gasteiger partial charge in [-0.3, -0.25) is 10.1 Å². The number of non-ortho nitro benzene ring substituents is 1. The molecule has 1 aliphatic rings. The second-order valence-electron chi connectivity index (χ2n) is 4.77. The molecule has 0 radical (unpaired) electrons. The van der Waals surface area contributed by atoms with Gasteiger partial charge in [-0.2, -0.15) is 0 Å². The zero-order chi connectivity index (χ0) is 14.5. The van der Waals surface area contributed by atoms with E-state index in [0.29, 0.717) is 12.4 Å². The Bertz CT molecular complexity index is 475. The first-order valence-electron chi connectivity index (χ1n) is 7.04. The van der Waals surface area contributed by atoms with E-state index in [0.717, 1.165) is 38.4 Å². The number of nitro benzene ring substituents is 1. The fraction of sp³-hybridized carbons (Fsp3) is 0.571. The van der Waals surface area contributed by atoms with Crippen molar-refractivity contribution in [1.82, 2.24) is 4.90 Å². The second-order valence-corrected chi connectivity index (χ2v) is 4.77. The van der Waals surface area contributed by atoms with Crippen LogP contribution in [-0.4, -0.2) is 49.2 Å². The molecule has 0 spiro atoms. The number of nitro groups is 1. The summed E-state index contributed by atoms with van der Waals surface area (Å²) in [6, 6.07) is 4.84. The number of benzene rings is 1. The SMILES string of the molecule is CCN(CC)CCN1CCOc2cc([N+](=O)[O-])ccc21. The smallest absolute Gasteiger partial charge is 0.273 e. The number of fused-ring (bicyclic) bond motifs is 1. The van der Waals surface area contributed by atoms with Crippen LogP contribution < -0.4 is 9.64 Å². The predicted molar refractivity (Wildman–Crippen MR) is 78.6 cm³/mol. The number of hydrogen-bond donors (Lipinski definition) is 0. The Hall–Kier alpha value is -1.82. The summed E-state index contributed by atoms with van der Waals surface area (Å²) < 4.78 is 5.54. The molecule has 1 aromatic carbocycles. The monoisotopic (exact) mass is 279 g/mol. The number of likely N-dealkylation sites (N-methyl/N-ethyl adjacent to an activating group) is 1. The molecule has 1 aliphatic heterocycles. The summed E-state index contributed by atoms with van der Waals surface area (Å²) in [7, 11) is 0. The lowest BCUT2D eigenvalue weighted by Crippen LogP contribution is -2.39. The Balaban J connectivity index is 2.10. The maximum absolute atomic E-state index is 10.8. The molecule has 0 saturated carbocycles. The highest BCUT2D eigenvalue weighted by molar-refractivity contribution is 5.63. The molecule has 110 valence electrons. The van der Waals surface area contributed by atoms with E-state index in [1.807, 2.05) is 0 Å². The molecule has 0 bridgehead atoms. The fourth-order valence-electron chi connectivity index (χ4n) is 2.41. The lowest BCUT2D eigenvalue weighted by molar-refractivity contribution is -0.384. The van der Waals surface area contributed by atoms with Crippen molar-refractivity contribution < 1.29 is 9.66 Å². The van der Waals surface area contributed by atoms with E-state index < -0.39 is 4.92 Å². The molecule has 0 amide bonds. The molecule has 0 aliphatic carbocycles. The topological polar surface area (TPSA) is 58.8 Å². The molecule has 0 aromatic heterocycles. The average molecular weight is 279 g/mol. The molecule has 0 atom stereocenters. The van der Waals surface area contributed by atoms with Crippen LogP contribution in [0.25, 0.3) is 0 Å². The van der Waals surface area contributed by atoms with Gasteiger partial charge >= 0.3 is 0 Å². The van der Waals surface area contributed by atoms with Gasteiger partial charge in [-0.15, -0.1) is 0 Å². The summed E-state index contributed by atoms with van der Waals surface area (Å²) in [6.45, 7) is 9.68. The maximum Gasteiger partial charge on any atom is 0.273 e. The van der Waals surface area contributed by atoms with E-state index in [-0.39, 0.29) is 5.69 Å². The van der Waals surface area contributed by atoms with Crippen molar-refractivity contribution in [3.05, 3.63) is 28.3 Å². The first-order chi connectivity index (χ1) is 9.65. The van der Waals surface area contributed by atoms with Gasteiger partial charge < -0.3 is 14.5 Å². The van der Waals surface area contributed by atoms with Crippen LogP contribution in [0.4, 0.5) is 11.4 Å². The Morgan fingerprint density at radius 1 is 1.40 bits per heavy atom. The summed E-state index contributed by atoms with van der Waals surface area (Å²) in [6.07, 6.45) is 0. The van der Waals surface area contributed by atoms with E-state index in [4.69, 9.17) is 4.74 Å². The van der Waals surface area contributed by atoms with Crippen molar-refractivity contribution in [3.63, 3.8) is 0 Å². The molecule has 2 rings (SSSR count). The van der Waals surface area contributed by atoms with Gasteiger partial charge in [-0.25, -0.2) is 0 Å². The van der Waals surface area contributed by atoms with Gasteiger partial charge in [0.15, 0.2) is 0 Å². The highest BCUT2D eigenvalue weighted by atomic mass is 16.6. The number of anilines is 1. The highest BCUT2D eigenvalue weighted by Crippen LogP contribution is 2.34. The van der Waals surface area contributed by atoms with Crippen molar-refractivity contribution >= 4 is 11.4 Å². The first-order valence-corrected chi connectivity index (χ1v) is 7.04. The average Bonchev–Trinajstić information content (AvgIpc) is 2.47. The van der Waals surface area contributed by atoms with Crippen molar-refractivity contribution in [2.45, 2.75) is 13.8 Å². The third-order valence-corrected chi connectivity index (χ3v) is 3.69. The van der Waals surface area contributed by atoms with Gasteiger partial charge in [0.25, 0.3) is 5.69 Å². The van der Waals surface area contributed by atoms with E-state index >= 15 is 0 Å². The van der Waals surface area contributed by atoms with E-state index in [9.17, 15) is 10.1 Å². The second kappa shape index (κ2) is 6.56. The molecule has 0 unspecified atom stereocenters. The molecular weight excluding hydrogens is 258 g/mol. The van der Waals surface area contributed by atoms with Gasteiger partial charge in [0.05, 0.1) is 23.2 Å². The minimum absolute atomic E-state index is 0.0781. The summed E-state index contributed by atoms with van der Waals surface area (Å²) in [5, 5.41) is 10.8. The number of ether oxygens (including phenoxy) is 1. The Kier molecular flexibility index (Phi) is 4.79. The molecule has 1 aromatic rings. The molecule has 1 heterocycles. The first kappa shape index (κ1) is 14.6. The van der Waals surface area contributed by atoms with Crippen LogP contribution in [0.15, 0.2) is 18.2 Å². The van der Waals surface area contributed by atoms with Crippen LogP contribution in [0, 0.1) is 10.1 Å². The van der Waals surface area contributed by atoms with Crippen LogP contribution in [0.5, 0.6) is 5.75 Å². The molecule has 6 nitrogen and oxygen atoms in total. The van der Waals surface area contributed by atoms with Gasteiger partial charge in [0.1, 0.15) is 12.4 Å². The van der Waals surface area contributed by atoms with E-state index in [2.05, 4.69) is 23.6 Å². The third kappa shape index (κ3) is 3.19. The largest absolute Gasteiger partial charge is 0.489 e. The van der Waals surface area contributed by atoms with E-state index in [1.165, 1.54) is 12.1 Å². The van der Waals surface area contributed by atoms with Crippen molar-refractivity contribution in [2.75, 3.05) is 44.2 Å². The zero-order valence-electron chi connectivity index (χ0n) is 12.0. The summed E-state index contributed by atoms with van der Waals surface area (Å²) in [5.74, 6) is 0.616. The summed E-state index contributed by atoms with van der Waals surface area (Å²) >= 11 is 0. The number of nitrogens with zero attached hydrogens (tertiary/aromatic N) is 3. The van der Waals surface area contributed by atoms with Crippen LogP contribution in [0.3, 0.4) is 0 Å². The van der Waals surface area contributed by atoms with Crippen LogP contribution in [-0.2, 0) is 0 Å². The number of hydrogen-bond acceptors (Lipinski definition) is 5. The standard InChI is InChI=1S/C14H21N3O3/c1-3-15(4-2)7-8-16-9-10-20-14-11-12(17(18)19)5-6-13(14)16/h5-6,11H,3-4,7-10H2,1-2H3. The zero-order valence-corrected chi connectivity index (χ0v) is 12.0. The molecule has 0 N–H and O–H groups in total. The lowest BCUT2D eigenvalue weighted by Gasteiger charge is -2.32. The Morgan fingerprint density at radius 3 is 2.80 bits per heavy atom. The lowest BCUT2D eigenvalue weighted by atomic mass is 10.2. The minimum atomic E-state index is -0.390. The summed E-state index contributed by atoms with van der Waals surface area (Å²) in [5.41, 5.74) is 1.03. The third-order valence-electron chi connectivity index (χ3n) is 3.69. The quantitative estimate of drug-likeness (QED) is 0.590. The fourth-order valence-corrected chi connectivity index (χ4v) is 2.41. The van der Waals surface area contributed by atoms with Gasteiger partial charge in [-0.1, -0.05) is 13.8 Å². The number of rotatable bonds is 6. The minimum Gasteiger partial charge on any atom is -0.489 e. The maximum atomic E-state index is 10.8. The van der Waals surface area contributed by atoms with Crippen LogP contribution >= 0.6 is 0 Å². The van der Waals surface area contributed by atoms with Crippen LogP contribution in [0.2, 0.25) is 0 Å². The molecule has 20 heavy (non-hydrogen) atoms. The Morgan fingerprint density at radius 2 is 2.15 bits per heavy atom. The van der Waals surface area contributed by atoms with E-state index in [1.54, 1.807) is 6.07 Å². The van der Waals surface area contributed by atoms with Crippen molar-refractivity contribution in [2.24, 2.45) is 0 Å². The van der Waals surface area contributed by atoms with Crippen molar-refractivity contribution in [3.8, 4) is 5.75 Å². The molecule has 0 fully saturated rings. The van der Waals surface area contributed by atoms with Crippen LogP contribution in [0.1, 0.15) is 13.8 Å². The summed E-state index contributed by atoms with van der Waals surface area (Å²) in [4.78, 5) is 15.0.